The molecule has 0 radical (unpaired) electrons. The summed E-state index contributed by atoms with van der Waals surface area (Å²) in [5.41, 5.74) is 3.71. The molecule has 0 unspecified atom stereocenters. The fraction of sp³-hybridized carbons (Fsp3) is 0.263. The van der Waals surface area contributed by atoms with Crippen LogP contribution in [0, 0.1) is 13.8 Å². The molecule has 0 aliphatic carbocycles. The van der Waals surface area contributed by atoms with Crippen molar-refractivity contribution in [1.82, 2.24) is 0 Å². The Morgan fingerprint density at radius 1 is 1.08 bits per heavy atom. The predicted octanol–water partition coefficient (Wildman–Crippen LogP) is 4.45. The van der Waals surface area contributed by atoms with Gasteiger partial charge in [0.25, 0.3) is 0 Å². The maximum absolute atomic E-state index is 12.2. The molecule has 0 aliphatic rings. The zero-order chi connectivity index (χ0) is 17.7. The van der Waals surface area contributed by atoms with Crippen LogP contribution in [0.2, 0.25) is 0 Å². The highest BCUT2D eigenvalue weighted by atomic mass is 79.9. The summed E-state index contributed by atoms with van der Waals surface area (Å²) in [6.07, 6.45) is 0.239. The zero-order valence-corrected chi connectivity index (χ0v) is 15.7. The number of anilines is 2. The van der Waals surface area contributed by atoms with Gasteiger partial charge in [0.05, 0.1) is 0 Å². The molecule has 0 saturated carbocycles. The highest BCUT2D eigenvalue weighted by molar-refractivity contribution is 9.10. The minimum atomic E-state index is -0.105. The summed E-state index contributed by atoms with van der Waals surface area (Å²) in [6.45, 7) is 5.79. The molecule has 4 nitrogen and oxygen atoms in total. The molecular weight excluding hydrogens is 368 g/mol. The van der Waals surface area contributed by atoms with Gasteiger partial charge in [-0.15, -0.1) is 0 Å². The summed E-state index contributed by atoms with van der Waals surface area (Å²) >= 11 is 3.38. The van der Waals surface area contributed by atoms with Gasteiger partial charge < -0.3 is 10.2 Å². The van der Waals surface area contributed by atoms with Crippen LogP contribution in [0.25, 0.3) is 0 Å². The van der Waals surface area contributed by atoms with Gasteiger partial charge in [-0.25, -0.2) is 0 Å². The van der Waals surface area contributed by atoms with Crippen LogP contribution >= 0.6 is 15.9 Å². The van der Waals surface area contributed by atoms with Crippen LogP contribution < -0.4 is 10.2 Å². The summed E-state index contributed by atoms with van der Waals surface area (Å²) in [6, 6.07) is 13.4. The number of nitrogens with zero attached hydrogens (tertiary/aromatic N) is 1. The molecule has 0 bridgehead atoms. The number of nitrogens with one attached hydrogen (secondary N) is 1. The van der Waals surface area contributed by atoms with Gasteiger partial charge in [0, 0.05) is 35.7 Å². The lowest BCUT2D eigenvalue weighted by molar-refractivity contribution is -0.117. The third-order valence-corrected chi connectivity index (χ3v) is 4.28. The molecule has 2 aromatic carbocycles. The lowest BCUT2D eigenvalue weighted by atomic mass is 10.1. The van der Waals surface area contributed by atoms with E-state index in [1.54, 1.807) is 4.90 Å². The van der Waals surface area contributed by atoms with E-state index in [2.05, 4.69) is 21.2 Å². The maximum Gasteiger partial charge on any atom is 0.226 e. The predicted molar refractivity (Wildman–Crippen MR) is 101 cm³/mol. The van der Waals surface area contributed by atoms with Gasteiger partial charge in [0.1, 0.15) is 0 Å². The molecule has 0 heterocycles. The number of carbonyl (C=O) groups is 2. The van der Waals surface area contributed by atoms with Gasteiger partial charge in [-0.3, -0.25) is 9.59 Å². The molecule has 24 heavy (non-hydrogen) atoms. The highest BCUT2D eigenvalue weighted by Crippen LogP contribution is 2.20. The van der Waals surface area contributed by atoms with Crippen LogP contribution in [0.4, 0.5) is 11.4 Å². The van der Waals surface area contributed by atoms with E-state index in [-0.39, 0.29) is 18.2 Å². The number of carbonyl (C=O) groups excluding carboxylic acids is 2. The number of hydrogen-bond donors (Lipinski definition) is 1. The molecule has 1 N–H and O–H groups in total. The summed E-state index contributed by atoms with van der Waals surface area (Å²) < 4.78 is 0.947. The van der Waals surface area contributed by atoms with Crippen molar-refractivity contribution in [2.24, 2.45) is 0 Å². The van der Waals surface area contributed by atoms with Crippen molar-refractivity contribution in [3.8, 4) is 0 Å². The first-order valence-corrected chi connectivity index (χ1v) is 8.57. The first kappa shape index (κ1) is 18.2. The third-order valence-electron chi connectivity index (χ3n) is 3.75. The second kappa shape index (κ2) is 8.11. The minimum absolute atomic E-state index is 0.0862. The number of aryl methyl sites for hydroxylation is 2. The normalized spacial score (nSPS) is 10.3. The summed E-state index contributed by atoms with van der Waals surface area (Å²) in [4.78, 5) is 25.7. The van der Waals surface area contributed by atoms with Crippen molar-refractivity contribution >= 4 is 39.1 Å². The highest BCUT2D eigenvalue weighted by Gasteiger charge is 2.14. The first-order valence-electron chi connectivity index (χ1n) is 7.77. The van der Waals surface area contributed by atoms with E-state index in [0.717, 1.165) is 27.0 Å². The van der Waals surface area contributed by atoms with Gasteiger partial charge >= 0.3 is 0 Å². The number of halogens is 1. The summed E-state index contributed by atoms with van der Waals surface area (Å²) in [7, 11) is 0. The van der Waals surface area contributed by atoms with E-state index in [1.165, 1.54) is 6.92 Å². The van der Waals surface area contributed by atoms with Crippen LogP contribution in [0.3, 0.4) is 0 Å². The fourth-order valence-electron chi connectivity index (χ4n) is 2.39. The average molecular weight is 389 g/mol. The van der Waals surface area contributed by atoms with Crippen LogP contribution in [-0.2, 0) is 9.59 Å². The Labute approximate surface area is 151 Å². The Bertz CT molecular complexity index is 742. The van der Waals surface area contributed by atoms with Gasteiger partial charge in [-0.2, -0.15) is 0 Å². The van der Waals surface area contributed by atoms with Crippen molar-refractivity contribution in [2.75, 3.05) is 16.8 Å². The first-order chi connectivity index (χ1) is 11.4. The van der Waals surface area contributed by atoms with Gasteiger partial charge in [-0.05, 0) is 55.3 Å². The molecule has 5 heteroatoms. The summed E-state index contributed by atoms with van der Waals surface area (Å²) in [5.74, 6) is -0.191. The third kappa shape index (κ3) is 4.93. The Morgan fingerprint density at radius 3 is 2.38 bits per heavy atom. The van der Waals surface area contributed by atoms with E-state index in [0.29, 0.717) is 6.54 Å². The minimum Gasteiger partial charge on any atom is -0.326 e. The molecule has 2 aromatic rings. The van der Waals surface area contributed by atoms with Gasteiger partial charge in [0.2, 0.25) is 11.8 Å². The molecule has 0 fully saturated rings. The quantitative estimate of drug-likeness (QED) is 0.822. The number of hydrogen-bond acceptors (Lipinski definition) is 2. The molecule has 2 rings (SSSR count). The Morgan fingerprint density at radius 2 is 1.75 bits per heavy atom. The van der Waals surface area contributed by atoms with Crippen molar-refractivity contribution in [3.63, 3.8) is 0 Å². The number of rotatable bonds is 5. The van der Waals surface area contributed by atoms with Crippen LogP contribution in [-0.4, -0.2) is 18.4 Å². The van der Waals surface area contributed by atoms with Gasteiger partial charge in [0.15, 0.2) is 0 Å². The monoisotopic (exact) mass is 388 g/mol. The topological polar surface area (TPSA) is 49.4 Å². The molecule has 0 atom stereocenters. The number of benzene rings is 2. The van der Waals surface area contributed by atoms with E-state index in [4.69, 9.17) is 0 Å². The molecule has 2 amide bonds. The second-order valence-electron chi connectivity index (χ2n) is 5.76. The molecule has 0 aromatic heterocycles. The standard InChI is InChI=1S/C19H21BrN2O2/c1-13-4-5-14(2)18(12-13)21-19(24)10-11-22(15(3)23)17-8-6-16(20)7-9-17/h4-9,12H,10-11H2,1-3H3,(H,21,24). The van der Waals surface area contributed by atoms with Gasteiger partial charge in [-0.1, -0.05) is 28.1 Å². The Kier molecular flexibility index (Phi) is 6.15. The lowest BCUT2D eigenvalue weighted by Gasteiger charge is -2.21. The van der Waals surface area contributed by atoms with Crippen LogP contribution in [0.5, 0.6) is 0 Å². The van der Waals surface area contributed by atoms with Crippen LogP contribution in [0.15, 0.2) is 46.9 Å². The van der Waals surface area contributed by atoms with Crippen molar-refractivity contribution in [3.05, 3.63) is 58.1 Å². The largest absolute Gasteiger partial charge is 0.326 e. The van der Waals surface area contributed by atoms with E-state index < -0.39 is 0 Å². The molecular formula is C19H21BrN2O2. The smallest absolute Gasteiger partial charge is 0.226 e. The van der Waals surface area contributed by atoms with Crippen molar-refractivity contribution in [1.29, 1.82) is 0 Å². The molecule has 0 saturated heterocycles. The zero-order valence-electron chi connectivity index (χ0n) is 14.1. The van der Waals surface area contributed by atoms with Crippen molar-refractivity contribution < 1.29 is 9.59 Å². The van der Waals surface area contributed by atoms with Crippen molar-refractivity contribution in [2.45, 2.75) is 27.2 Å². The SMILES string of the molecule is CC(=O)N(CCC(=O)Nc1cc(C)ccc1C)c1ccc(Br)cc1. The lowest BCUT2D eigenvalue weighted by Crippen LogP contribution is -2.32. The number of amides is 2. The molecule has 0 aliphatic heterocycles. The van der Waals surface area contributed by atoms with E-state index in [9.17, 15) is 9.59 Å². The Hall–Kier alpha value is -2.14. The van der Waals surface area contributed by atoms with Crippen LogP contribution in [0.1, 0.15) is 24.5 Å². The maximum atomic E-state index is 12.2. The van der Waals surface area contributed by atoms with E-state index in [1.807, 2.05) is 56.3 Å². The second-order valence-corrected chi connectivity index (χ2v) is 6.68. The molecule has 126 valence electrons. The Balaban J connectivity index is 2.01. The molecule has 0 spiro atoms. The average Bonchev–Trinajstić information content (AvgIpc) is 2.52. The summed E-state index contributed by atoms with van der Waals surface area (Å²) in [5, 5.41) is 2.92. The fourth-order valence-corrected chi connectivity index (χ4v) is 2.65. The van der Waals surface area contributed by atoms with E-state index >= 15 is 0 Å².